The average molecular weight is 409 g/mol. The van der Waals surface area contributed by atoms with E-state index in [4.69, 9.17) is 4.74 Å². The number of piperidine rings is 1. The molecule has 6 heteroatoms. The number of hydrogen-bond donors (Lipinski definition) is 2. The van der Waals surface area contributed by atoms with Crippen LogP contribution >= 0.6 is 0 Å². The molecule has 160 valence electrons. The Morgan fingerprint density at radius 1 is 1.13 bits per heavy atom. The fraction of sp³-hybridized carbons (Fsp3) is 0.458. The molecule has 30 heavy (non-hydrogen) atoms. The van der Waals surface area contributed by atoms with E-state index < -0.39 is 0 Å². The summed E-state index contributed by atoms with van der Waals surface area (Å²) >= 11 is 0. The Kier molecular flexibility index (Phi) is 5.60. The highest BCUT2D eigenvalue weighted by Gasteiger charge is 2.22. The van der Waals surface area contributed by atoms with Crippen LogP contribution < -0.4 is 10.1 Å². The van der Waals surface area contributed by atoms with Crippen molar-refractivity contribution in [1.29, 1.82) is 0 Å². The number of fused-ring (bicyclic) bond motifs is 1. The summed E-state index contributed by atoms with van der Waals surface area (Å²) in [5.74, 6) is 2.11. The number of pyridine rings is 1. The molecule has 0 amide bonds. The molecule has 2 aromatic heterocycles. The van der Waals surface area contributed by atoms with Crippen molar-refractivity contribution in [2.75, 3.05) is 25.5 Å². The maximum Gasteiger partial charge on any atom is 0.177 e. The maximum atomic E-state index is 10.0. The minimum atomic E-state index is 0.0745. The first-order valence-electron chi connectivity index (χ1n) is 10.8. The largest absolute Gasteiger partial charge is 0.489 e. The predicted molar refractivity (Wildman–Crippen MR) is 121 cm³/mol. The third-order valence-electron chi connectivity index (χ3n) is 6.00. The van der Waals surface area contributed by atoms with Gasteiger partial charge in [0.15, 0.2) is 5.65 Å². The van der Waals surface area contributed by atoms with Crippen molar-refractivity contribution in [3.05, 3.63) is 47.2 Å². The van der Waals surface area contributed by atoms with Crippen LogP contribution in [-0.2, 0) is 0 Å². The van der Waals surface area contributed by atoms with Gasteiger partial charge in [0.05, 0.1) is 11.8 Å². The summed E-state index contributed by atoms with van der Waals surface area (Å²) in [7, 11) is 2.19. The van der Waals surface area contributed by atoms with Crippen LogP contribution in [0.2, 0.25) is 0 Å². The molecule has 0 radical (unpaired) electrons. The van der Waals surface area contributed by atoms with Crippen LogP contribution in [0.4, 0.5) is 11.5 Å². The highest BCUT2D eigenvalue weighted by molar-refractivity contribution is 5.82. The molecule has 4 rings (SSSR count). The minimum absolute atomic E-state index is 0.0745. The summed E-state index contributed by atoms with van der Waals surface area (Å²) in [4.78, 5) is 7.00. The number of nitrogens with zero attached hydrogens (tertiary/aromatic N) is 3. The van der Waals surface area contributed by atoms with Crippen molar-refractivity contribution in [3.8, 4) is 5.75 Å². The van der Waals surface area contributed by atoms with Crippen molar-refractivity contribution in [2.24, 2.45) is 0 Å². The Bertz CT molecular complexity index is 1050. The van der Waals surface area contributed by atoms with Gasteiger partial charge in [0.25, 0.3) is 0 Å². The third kappa shape index (κ3) is 4.10. The fourth-order valence-electron chi connectivity index (χ4n) is 4.38. The molecule has 1 saturated heterocycles. The Morgan fingerprint density at radius 2 is 1.87 bits per heavy atom. The first-order valence-corrected chi connectivity index (χ1v) is 10.8. The molecule has 0 aliphatic carbocycles. The molecule has 1 fully saturated rings. The number of ether oxygens (including phenoxy) is 1. The van der Waals surface area contributed by atoms with Gasteiger partial charge in [-0.2, -0.15) is 4.73 Å². The van der Waals surface area contributed by atoms with E-state index in [1.54, 1.807) is 6.20 Å². The first kappa shape index (κ1) is 20.5. The van der Waals surface area contributed by atoms with E-state index in [1.807, 2.05) is 32.9 Å². The van der Waals surface area contributed by atoms with Crippen LogP contribution in [0, 0.1) is 13.8 Å². The van der Waals surface area contributed by atoms with Gasteiger partial charge in [-0.25, -0.2) is 4.98 Å². The number of hydrogen-bond acceptors (Lipinski definition) is 5. The maximum absolute atomic E-state index is 10.0. The van der Waals surface area contributed by atoms with Crippen LogP contribution in [0.5, 0.6) is 5.75 Å². The second-order valence-electron chi connectivity index (χ2n) is 8.80. The van der Waals surface area contributed by atoms with Gasteiger partial charge in [-0.05, 0) is 108 Å². The fourth-order valence-corrected chi connectivity index (χ4v) is 4.38. The van der Waals surface area contributed by atoms with E-state index >= 15 is 0 Å². The molecular formula is C24H32N4O2. The molecule has 1 aromatic carbocycles. The van der Waals surface area contributed by atoms with E-state index in [0.29, 0.717) is 17.4 Å². The number of benzene rings is 1. The van der Waals surface area contributed by atoms with Gasteiger partial charge in [0.1, 0.15) is 11.6 Å². The summed E-state index contributed by atoms with van der Waals surface area (Å²) in [5, 5.41) is 14.4. The van der Waals surface area contributed by atoms with Crippen molar-refractivity contribution in [1.82, 2.24) is 14.6 Å². The molecule has 3 heterocycles. The van der Waals surface area contributed by atoms with Gasteiger partial charge in [-0.15, -0.1) is 0 Å². The SMILES string of the molecule is Cc1cc(Nc2cc(C)c3ccn(O)c3n2)c(OC(C)C)cc1C1CCN(C)CC1. The molecule has 0 bridgehead atoms. The highest BCUT2D eigenvalue weighted by atomic mass is 16.5. The Labute approximate surface area is 178 Å². The van der Waals surface area contributed by atoms with Gasteiger partial charge in [-0.3, -0.25) is 0 Å². The Hall–Kier alpha value is -2.73. The first-order chi connectivity index (χ1) is 14.3. The van der Waals surface area contributed by atoms with Crippen molar-refractivity contribution in [3.63, 3.8) is 0 Å². The van der Waals surface area contributed by atoms with Crippen molar-refractivity contribution < 1.29 is 9.94 Å². The van der Waals surface area contributed by atoms with Crippen LogP contribution in [0.1, 0.15) is 49.3 Å². The van der Waals surface area contributed by atoms with Crippen molar-refractivity contribution in [2.45, 2.75) is 52.6 Å². The number of anilines is 2. The summed E-state index contributed by atoms with van der Waals surface area (Å²) in [6.45, 7) is 10.6. The second kappa shape index (κ2) is 8.19. The van der Waals surface area contributed by atoms with Crippen LogP contribution in [0.25, 0.3) is 11.0 Å². The zero-order valence-corrected chi connectivity index (χ0v) is 18.6. The number of rotatable bonds is 5. The van der Waals surface area contributed by atoms with Gasteiger partial charge in [0, 0.05) is 11.6 Å². The lowest BCUT2D eigenvalue weighted by Crippen LogP contribution is -2.29. The van der Waals surface area contributed by atoms with Gasteiger partial charge >= 0.3 is 0 Å². The smallest absolute Gasteiger partial charge is 0.177 e. The summed E-state index contributed by atoms with van der Waals surface area (Å²) in [6.07, 6.45) is 4.04. The molecule has 1 aliphatic rings. The molecule has 0 unspecified atom stereocenters. The number of likely N-dealkylation sites (tertiary alicyclic amines) is 1. The van der Waals surface area contributed by atoms with Gasteiger partial charge < -0.3 is 20.2 Å². The summed E-state index contributed by atoms with van der Waals surface area (Å²) < 4.78 is 7.26. The summed E-state index contributed by atoms with van der Waals surface area (Å²) in [6, 6.07) is 8.26. The Morgan fingerprint density at radius 3 is 2.57 bits per heavy atom. The monoisotopic (exact) mass is 408 g/mol. The van der Waals surface area contributed by atoms with E-state index in [0.717, 1.165) is 40.2 Å². The zero-order chi connectivity index (χ0) is 21.4. The Balaban J connectivity index is 1.70. The molecule has 2 N–H and O–H groups in total. The third-order valence-corrected chi connectivity index (χ3v) is 6.00. The molecule has 3 aromatic rings. The standard InChI is InChI=1S/C24H32N4O2/c1-15(2)30-22-14-20(18-6-9-27(5)10-7-18)16(3)12-21(22)25-23-13-17(4)19-8-11-28(29)24(19)26-23/h8,11-15,18,29H,6-7,9-10H2,1-5H3,(H,25,26). The summed E-state index contributed by atoms with van der Waals surface area (Å²) in [5.41, 5.74) is 5.16. The quantitative estimate of drug-likeness (QED) is 0.566. The molecular weight excluding hydrogens is 376 g/mol. The van der Waals surface area contributed by atoms with Crippen LogP contribution in [0.3, 0.4) is 0 Å². The van der Waals surface area contributed by atoms with Crippen molar-refractivity contribution >= 4 is 22.5 Å². The molecule has 0 spiro atoms. The molecule has 6 nitrogen and oxygen atoms in total. The predicted octanol–water partition coefficient (Wildman–Crippen LogP) is 5.23. The normalized spacial score (nSPS) is 15.8. The minimum Gasteiger partial charge on any atom is -0.489 e. The van der Waals surface area contributed by atoms with Crippen LogP contribution in [0.15, 0.2) is 30.5 Å². The molecule has 0 saturated carbocycles. The van der Waals surface area contributed by atoms with E-state index in [2.05, 4.69) is 41.3 Å². The molecule has 0 atom stereocenters. The highest BCUT2D eigenvalue weighted by Crippen LogP contribution is 2.38. The van der Waals surface area contributed by atoms with Gasteiger partial charge in [-0.1, -0.05) is 0 Å². The number of aryl methyl sites for hydroxylation is 2. The van der Waals surface area contributed by atoms with E-state index in [-0.39, 0.29) is 6.10 Å². The van der Waals surface area contributed by atoms with E-state index in [9.17, 15) is 5.21 Å². The lowest BCUT2D eigenvalue weighted by atomic mass is 9.86. The van der Waals surface area contributed by atoms with Crippen LogP contribution in [-0.4, -0.2) is 46.1 Å². The number of aromatic nitrogens is 2. The van der Waals surface area contributed by atoms with E-state index in [1.165, 1.54) is 24.0 Å². The van der Waals surface area contributed by atoms with Gasteiger partial charge in [0.2, 0.25) is 0 Å². The average Bonchev–Trinajstić information content (AvgIpc) is 3.06. The second-order valence-corrected chi connectivity index (χ2v) is 8.80. The topological polar surface area (TPSA) is 62.6 Å². The number of nitrogens with one attached hydrogen (secondary N) is 1. The zero-order valence-electron chi connectivity index (χ0n) is 18.6. The molecule has 1 aliphatic heterocycles. The lowest BCUT2D eigenvalue weighted by Gasteiger charge is -2.31. The lowest BCUT2D eigenvalue weighted by molar-refractivity contribution is 0.198.